The first-order valence-corrected chi connectivity index (χ1v) is 10.6. The number of nitrogens with one attached hydrogen (secondary N) is 2. The Hall–Kier alpha value is -4.35. The van der Waals surface area contributed by atoms with Crippen molar-refractivity contribution in [3.05, 3.63) is 66.5 Å². The van der Waals surface area contributed by atoms with Crippen LogP contribution in [0.25, 0.3) is 22.3 Å². The van der Waals surface area contributed by atoms with Crippen molar-refractivity contribution >= 4 is 34.4 Å². The molecule has 34 heavy (non-hydrogen) atoms. The number of hydroxylamine groups is 1. The molecule has 0 radical (unpaired) electrons. The van der Waals surface area contributed by atoms with E-state index in [1.807, 2.05) is 30.3 Å². The monoisotopic (exact) mass is 460 g/mol. The summed E-state index contributed by atoms with van der Waals surface area (Å²) in [5.74, 6) is -0.530. The Balaban J connectivity index is 1.43. The number of fused-ring (bicyclic) bond motifs is 1. The molecule has 0 aliphatic heterocycles. The minimum Gasteiger partial charge on any atom is -0.383 e. The van der Waals surface area contributed by atoms with E-state index in [0.29, 0.717) is 34.8 Å². The molecule has 0 bridgehead atoms. The second-order valence-electron chi connectivity index (χ2n) is 7.68. The van der Waals surface area contributed by atoms with Crippen LogP contribution < -0.4 is 22.3 Å². The molecule has 11 nitrogen and oxygen atoms in total. The van der Waals surface area contributed by atoms with E-state index in [1.54, 1.807) is 28.9 Å². The Morgan fingerprint density at radius 1 is 1.06 bits per heavy atom. The second kappa shape index (κ2) is 10.1. The SMILES string of the molecule is Nc1ncnc2c1c(-c1ccccc1)nn2CCC(=O)Nc1ccc(CC(N)C(=O)NO)cc1. The molecule has 2 aromatic heterocycles. The Labute approximate surface area is 194 Å². The third-order valence-electron chi connectivity index (χ3n) is 5.30. The Bertz CT molecular complexity index is 1310. The molecular weight excluding hydrogens is 436 g/mol. The molecule has 2 aromatic carbocycles. The average Bonchev–Trinajstić information content (AvgIpc) is 3.24. The number of rotatable bonds is 8. The lowest BCUT2D eigenvalue weighted by atomic mass is 10.1. The summed E-state index contributed by atoms with van der Waals surface area (Å²) in [5, 5.41) is 16.8. The maximum absolute atomic E-state index is 12.5. The van der Waals surface area contributed by atoms with Gasteiger partial charge in [0.25, 0.3) is 5.91 Å². The van der Waals surface area contributed by atoms with E-state index in [-0.39, 0.29) is 18.7 Å². The van der Waals surface area contributed by atoms with E-state index in [2.05, 4.69) is 20.4 Å². The summed E-state index contributed by atoms with van der Waals surface area (Å²) in [6, 6.07) is 15.7. The minimum atomic E-state index is -0.868. The minimum absolute atomic E-state index is 0.165. The van der Waals surface area contributed by atoms with Gasteiger partial charge >= 0.3 is 0 Å². The van der Waals surface area contributed by atoms with E-state index < -0.39 is 11.9 Å². The highest BCUT2D eigenvalue weighted by molar-refractivity contribution is 5.98. The molecule has 0 aliphatic rings. The fourth-order valence-corrected chi connectivity index (χ4v) is 3.57. The zero-order valence-corrected chi connectivity index (χ0v) is 18.2. The molecule has 1 unspecified atom stereocenters. The molecule has 11 heteroatoms. The number of carbonyl (C=O) groups is 2. The van der Waals surface area contributed by atoms with Gasteiger partial charge in [0.2, 0.25) is 5.91 Å². The van der Waals surface area contributed by atoms with Gasteiger partial charge in [-0.1, -0.05) is 42.5 Å². The Kier molecular flexibility index (Phi) is 6.76. The van der Waals surface area contributed by atoms with Crippen LogP contribution in [-0.2, 0) is 22.6 Å². The third-order valence-corrected chi connectivity index (χ3v) is 5.30. The summed E-state index contributed by atoms with van der Waals surface area (Å²) in [7, 11) is 0. The van der Waals surface area contributed by atoms with Gasteiger partial charge in [0.15, 0.2) is 5.65 Å². The Morgan fingerprint density at radius 2 is 1.79 bits per heavy atom. The van der Waals surface area contributed by atoms with Crippen LogP contribution in [-0.4, -0.2) is 42.8 Å². The first kappa shape index (κ1) is 22.8. The van der Waals surface area contributed by atoms with Crippen LogP contribution in [0.1, 0.15) is 12.0 Å². The number of aromatic nitrogens is 4. The third kappa shape index (κ3) is 5.00. The number of anilines is 2. The van der Waals surface area contributed by atoms with Gasteiger partial charge in [-0.2, -0.15) is 5.10 Å². The molecular formula is C23H24N8O3. The number of nitrogens with zero attached hydrogens (tertiary/aromatic N) is 4. The maximum atomic E-state index is 12.5. The predicted molar refractivity (Wildman–Crippen MR) is 126 cm³/mol. The number of benzene rings is 2. The van der Waals surface area contributed by atoms with Gasteiger partial charge in [0.05, 0.1) is 18.0 Å². The summed E-state index contributed by atoms with van der Waals surface area (Å²) >= 11 is 0. The molecule has 2 heterocycles. The van der Waals surface area contributed by atoms with Gasteiger partial charge in [-0.3, -0.25) is 14.8 Å². The largest absolute Gasteiger partial charge is 0.383 e. The van der Waals surface area contributed by atoms with E-state index in [1.165, 1.54) is 11.8 Å². The molecule has 174 valence electrons. The highest BCUT2D eigenvalue weighted by Gasteiger charge is 2.17. The number of nitrogens with two attached hydrogens (primary N) is 2. The zero-order valence-electron chi connectivity index (χ0n) is 18.2. The smallest absolute Gasteiger partial charge is 0.260 e. The summed E-state index contributed by atoms with van der Waals surface area (Å²) in [5.41, 5.74) is 16.8. The van der Waals surface area contributed by atoms with Crippen LogP contribution >= 0.6 is 0 Å². The van der Waals surface area contributed by atoms with Crippen LogP contribution in [0, 0.1) is 0 Å². The van der Waals surface area contributed by atoms with Gasteiger partial charge in [0, 0.05) is 17.7 Å². The molecule has 0 saturated heterocycles. The number of hydrogen-bond acceptors (Lipinski definition) is 8. The number of carbonyl (C=O) groups excluding carboxylic acids is 2. The van der Waals surface area contributed by atoms with Gasteiger partial charge in [-0.25, -0.2) is 20.1 Å². The standard InChI is InChI=1S/C23H24N8O3/c24-17(23(33)30-34)12-14-6-8-16(9-7-14)28-18(32)10-11-31-22-19(21(25)26-13-27-22)20(29-31)15-4-2-1-3-5-15/h1-9,13,17,34H,10-12,24H2,(H,28,32)(H,30,33)(H2,25,26,27). The van der Waals surface area contributed by atoms with Crippen molar-refractivity contribution in [1.29, 1.82) is 0 Å². The van der Waals surface area contributed by atoms with E-state index in [0.717, 1.165) is 11.1 Å². The maximum Gasteiger partial charge on any atom is 0.260 e. The fraction of sp³-hybridized carbons (Fsp3) is 0.174. The van der Waals surface area contributed by atoms with Gasteiger partial charge < -0.3 is 16.8 Å². The van der Waals surface area contributed by atoms with Gasteiger partial charge in [0.1, 0.15) is 17.8 Å². The molecule has 1 atom stereocenters. The topological polar surface area (TPSA) is 174 Å². The fourth-order valence-electron chi connectivity index (χ4n) is 3.57. The zero-order chi connectivity index (χ0) is 24.1. The molecule has 0 aliphatic carbocycles. The Morgan fingerprint density at radius 3 is 2.50 bits per heavy atom. The molecule has 0 saturated carbocycles. The highest BCUT2D eigenvalue weighted by Crippen LogP contribution is 2.29. The van der Waals surface area contributed by atoms with Crippen molar-refractivity contribution in [2.45, 2.75) is 25.4 Å². The lowest BCUT2D eigenvalue weighted by Crippen LogP contribution is -2.40. The summed E-state index contributed by atoms with van der Waals surface area (Å²) in [4.78, 5) is 32.3. The predicted octanol–water partition coefficient (Wildman–Crippen LogP) is 1.48. The van der Waals surface area contributed by atoms with Crippen LogP contribution in [0.15, 0.2) is 60.9 Å². The first-order chi connectivity index (χ1) is 16.5. The van der Waals surface area contributed by atoms with Crippen LogP contribution in [0.4, 0.5) is 11.5 Å². The molecule has 0 spiro atoms. The van der Waals surface area contributed by atoms with E-state index >= 15 is 0 Å². The molecule has 0 fully saturated rings. The lowest BCUT2D eigenvalue weighted by Gasteiger charge is -2.10. The molecule has 4 rings (SSSR count). The quantitative estimate of drug-likeness (QED) is 0.194. The van der Waals surface area contributed by atoms with Gasteiger partial charge in [-0.15, -0.1) is 0 Å². The average molecular weight is 460 g/mol. The van der Waals surface area contributed by atoms with Crippen LogP contribution in [0.3, 0.4) is 0 Å². The van der Waals surface area contributed by atoms with Crippen molar-refractivity contribution in [3.8, 4) is 11.3 Å². The number of nitrogen functional groups attached to an aromatic ring is 1. The van der Waals surface area contributed by atoms with Crippen molar-refractivity contribution in [2.75, 3.05) is 11.1 Å². The highest BCUT2D eigenvalue weighted by atomic mass is 16.5. The van der Waals surface area contributed by atoms with Gasteiger partial charge in [-0.05, 0) is 24.1 Å². The summed E-state index contributed by atoms with van der Waals surface area (Å²) in [6.07, 6.45) is 1.79. The van der Waals surface area contributed by atoms with Crippen molar-refractivity contribution in [3.63, 3.8) is 0 Å². The van der Waals surface area contributed by atoms with Crippen molar-refractivity contribution in [2.24, 2.45) is 5.73 Å². The van der Waals surface area contributed by atoms with Crippen LogP contribution in [0.2, 0.25) is 0 Å². The summed E-state index contributed by atoms with van der Waals surface area (Å²) < 4.78 is 1.66. The van der Waals surface area contributed by atoms with Crippen molar-refractivity contribution < 1.29 is 14.8 Å². The lowest BCUT2D eigenvalue weighted by molar-refractivity contribution is -0.130. The van der Waals surface area contributed by atoms with Crippen molar-refractivity contribution in [1.82, 2.24) is 25.2 Å². The first-order valence-electron chi connectivity index (χ1n) is 10.6. The second-order valence-corrected chi connectivity index (χ2v) is 7.68. The number of aryl methyl sites for hydroxylation is 1. The normalized spacial score (nSPS) is 11.8. The summed E-state index contributed by atoms with van der Waals surface area (Å²) in [6.45, 7) is 0.300. The number of amides is 2. The van der Waals surface area contributed by atoms with E-state index in [4.69, 9.17) is 16.7 Å². The molecule has 7 N–H and O–H groups in total. The molecule has 4 aromatic rings. The molecule has 2 amide bonds. The van der Waals surface area contributed by atoms with E-state index in [9.17, 15) is 9.59 Å². The van der Waals surface area contributed by atoms with Crippen LogP contribution in [0.5, 0.6) is 0 Å². The number of hydrogen-bond donors (Lipinski definition) is 5.